The third-order valence-electron chi connectivity index (χ3n) is 3.25. The Hall–Kier alpha value is -1.39. The monoisotopic (exact) mass is 262 g/mol. The fourth-order valence-corrected chi connectivity index (χ4v) is 2.44. The Morgan fingerprint density at radius 3 is 2.74 bits per heavy atom. The predicted molar refractivity (Wildman–Crippen MR) is 74.0 cm³/mol. The molecule has 1 atom stereocenters. The summed E-state index contributed by atoms with van der Waals surface area (Å²) in [7, 11) is 0. The zero-order valence-corrected chi connectivity index (χ0v) is 12.0. The summed E-state index contributed by atoms with van der Waals surface area (Å²) in [6, 6.07) is 5.48. The highest BCUT2D eigenvalue weighted by Gasteiger charge is 2.33. The molecule has 0 radical (unpaired) electrons. The van der Waals surface area contributed by atoms with E-state index in [1.165, 1.54) is 0 Å². The van der Waals surface area contributed by atoms with Crippen molar-refractivity contribution in [3.05, 3.63) is 34.9 Å². The minimum Gasteiger partial charge on any atom is -0.350 e. The van der Waals surface area contributed by atoms with Gasteiger partial charge in [0.15, 0.2) is 0 Å². The number of nitrogens with zero attached hydrogens (tertiary/aromatic N) is 1. The third-order valence-corrected chi connectivity index (χ3v) is 3.25. The lowest BCUT2D eigenvalue weighted by Gasteiger charge is -2.34. The van der Waals surface area contributed by atoms with Gasteiger partial charge in [-0.2, -0.15) is 5.06 Å². The quantitative estimate of drug-likeness (QED) is 0.815. The van der Waals surface area contributed by atoms with E-state index in [4.69, 9.17) is 0 Å². The van der Waals surface area contributed by atoms with E-state index in [1.54, 1.807) is 0 Å². The average Bonchev–Trinajstić information content (AvgIpc) is 2.25. The molecule has 0 saturated carbocycles. The van der Waals surface area contributed by atoms with Crippen LogP contribution in [0.15, 0.2) is 18.2 Å². The number of hydroxylamine groups is 2. The van der Waals surface area contributed by atoms with Gasteiger partial charge in [-0.25, -0.2) is 0 Å². The molecule has 0 aliphatic carbocycles. The second-order valence-corrected chi connectivity index (χ2v) is 6.26. The van der Waals surface area contributed by atoms with Gasteiger partial charge in [0.05, 0.1) is 0 Å². The lowest BCUT2D eigenvalue weighted by atomic mass is 9.91. The average molecular weight is 262 g/mol. The molecule has 0 fully saturated rings. The highest BCUT2D eigenvalue weighted by Crippen LogP contribution is 2.29. The molecule has 1 aliphatic rings. The molecule has 104 valence electrons. The fraction of sp³-hybridized carbons (Fsp3) is 0.533. The van der Waals surface area contributed by atoms with Gasteiger partial charge in [0.2, 0.25) is 5.91 Å². The van der Waals surface area contributed by atoms with Gasteiger partial charge in [-0.05, 0) is 45.2 Å². The van der Waals surface area contributed by atoms with Gasteiger partial charge >= 0.3 is 0 Å². The van der Waals surface area contributed by atoms with E-state index in [0.29, 0.717) is 6.54 Å². The molecule has 4 nitrogen and oxygen atoms in total. The maximum absolute atomic E-state index is 12.4. The summed E-state index contributed by atoms with van der Waals surface area (Å²) in [5, 5.41) is 14.1. The largest absolute Gasteiger partial charge is 0.350 e. The molecule has 0 saturated heterocycles. The Kier molecular flexibility index (Phi) is 3.65. The van der Waals surface area contributed by atoms with Crippen LogP contribution in [0, 0.1) is 6.92 Å². The van der Waals surface area contributed by atoms with Crippen molar-refractivity contribution < 1.29 is 10.0 Å². The SMILES string of the molecule is Cc1ccc2c(c1)C(C(=O)NC(C)(C)C)N(O)CC2. The maximum atomic E-state index is 12.4. The molecule has 4 heteroatoms. The van der Waals surface area contributed by atoms with Crippen molar-refractivity contribution in [1.29, 1.82) is 0 Å². The summed E-state index contributed by atoms with van der Waals surface area (Å²) >= 11 is 0. The van der Waals surface area contributed by atoms with Gasteiger partial charge in [-0.15, -0.1) is 0 Å². The van der Waals surface area contributed by atoms with Crippen LogP contribution in [0.5, 0.6) is 0 Å². The van der Waals surface area contributed by atoms with E-state index in [2.05, 4.69) is 11.4 Å². The van der Waals surface area contributed by atoms with Crippen molar-refractivity contribution >= 4 is 5.91 Å². The number of aryl methyl sites for hydroxylation is 1. The van der Waals surface area contributed by atoms with Crippen molar-refractivity contribution in [3.8, 4) is 0 Å². The molecule has 2 N–H and O–H groups in total. The zero-order chi connectivity index (χ0) is 14.2. The van der Waals surface area contributed by atoms with Crippen molar-refractivity contribution in [1.82, 2.24) is 10.4 Å². The molecule has 1 amide bonds. The molecule has 1 unspecified atom stereocenters. The number of carbonyl (C=O) groups excluding carboxylic acids is 1. The van der Waals surface area contributed by atoms with E-state index in [9.17, 15) is 10.0 Å². The van der Waals surface area contributed by atoms with Gasteiger partial charge in [-0.1, -0.05) is 23.8 Å². The molecule has 1 aromatic rings. The van der Waals surface area contributed by atoms with E-state index in [0.717, 1.165) is 28.2 Å². The molecule has 0 bridgehead atoms. The van der Waals surface area contributed by atoms with Gasteiger partial charge in [0, 0.05) is 12.1 Å². The van der Waals surface area contributed by atoms with Crippen LogP contribution in [0.2, 0.25) is 0 Å². The van der Waals surface area contributed by atoms with Crippen molar-refractivity contribution in [2.45, 2.75) is 45.7 Å². The van der Waals surface area contributed by atoms with Crippen LogP contribution >= 0.6 is 0 Å². The predicted octanol–water partition coefficient (Wildman–Crippen LogP) is 2.20. The second-order valence-electron chi connectivity index (χ2n) is 6.26. The maximum Gasteiger partial charge on any atom is 0.244 e. The van der Waals surface area contributed by atoms with Crippen molar-refractivity contribution in [3.63, 3.8) is 0 Å². The van der Waals surface area contributed by atoms with Crippen LogP contribution in [0.25, 0.3) is 0 Å². The Balaban J connectivity index is 2.35. The molecular weight excluding hydrogens is 240 g/mol. The first-order chi connectivity index (χ1) is 8.78. The lowest BCUT2D eigenvalue weighted by Crippen LogP contribution is -2.48. The highest BCUT2D eigenvalue weighted by molar-refractivity contribution is 5.84. The van der Waals surface area contributed by atoms with Crippen LogP contribution in [0.1, 0.15) is 43.5 Å². The number of amides is 1. The topological polar surface area (TPSA) is 52.6 Å². The minimum atomic E-state index is -0.608. The number of rotatable bonds is 1. The molecule has 1 heterocycles. The molecule has 1 aliphatic heterocycles. The van der Waals surface area contributed by atoms with E-state index in [-0.39, 0.29) is 11.4 Å². The summed E-state index contributed by atoms with van der Waals surface area (Å²) in [5.41, 5.74) is 2.85. The Morgan fingerprint density at radius 1 is 1.42 bits per heavy atom. The zero-order valence-electron chi connectivity index (χ0n) is 12.0. The van der Waals surface area contributed by atoms with Crippen LogP contribution in [0.4, 0.5) is 0 Å². The minimum absolute atomic E-state index is 0.151. The Bertz CT molecular complexity index is 491. The Labute approximate surface area is 114 Å². The summed E-state index contributed by atoms with van der Waals surface area (Å²) in [5.74, 6) is -0.151. The highest BCUT2D eigenvalue weighted by atomic mass is 16.5. The summed E-state index contributed by atoms with van der Waals surface area (Å²) < 4.78 is 0. The smallest absolute Gasteiger partial charge is 0.244 e. The van der Waals surface area contributed by atoms with Gasteiger partial charge in [-0.3, -0.25) is 4.79 Å². The van der Waals surface area contributed by atoms with Crippen LogP contribution in [-0.4, -0.2) is 28.3 Å². The molecule has 2 rings (SSSR count). The lowest BCUT2D eigenvalue weighted by molar-refractivity contribution is -0.160. The summed E-state index contributed by atoms with van der Waals surface area (Å²) in [6.45, 7) is 8.29. The number of benzene rings is 1. The third kappa shape index (κ3) is 3.14. The van der Waals surface area contributed by atoms with Crippen molar-refractivity contribution in [2.75, 3.05) is 6.54 Å². The first-order valence-corrected chi connectivity index (χ1v) is 6.65. The van der Waals surface area contributed by atoms with E-state index < -0.39 is 6.04 Å². The van der Waals surface area contributed by atoms with Gasteiger partial charge < -0.3 is 10.5 Å². The number of nitrogens with one attached hydrogen (secondary N) is 1. The van der Waals surface area contributed by atoms with E-state index in [1.807, 2.05) is 39.8 Å². The van der Waals surface area contributed by atoms with E-state index >= 15 is 0 Å². The van der Waals surface area contributed by atoms with Crippen LogP contribution in [-0.2, 0) is 11.2 Å². The first kappa shape index (κ1) is 14.0. The van der Waals surface area contributed by atoms with Crippen LogP contribution in [0.3, 0.4) is 0 Å². The molecule has 19 heavy (non-hydrogen) atoms. The number of fused-ring (bicyclic) bond motifs is 1. The normalized spacial score (nSPS) is 19.9. The molecular formula is C15H22N2O2. The number of hydrogen-bond donors (Lipinski definition) is 2. The molecule has 0 spiro atoms. The number of carbonyl (C=O) groups is 1. The standard InChI is InChI=1S/C15H22N2O2/c1-10-5-6-11-7-8-17(19)13(12(11)9-10)14(18)16-15(2,3)4/h5-6,9,13,19H,7-8H2,1-4H3,(H,16,18). The molecule has 0 aromatic heterocycles. The second kappa shape index (κ2) is 4.94. The summed E-state index contributed by atoms with van der Waals surface area (Å²) in [4.78, 5) is 12.4. The van der Waals surface area contributed by atoms with Crippen molar-refractivity contribution in [2.24, 2.45) is 0 Å². The van der Waals surface area contributed by atoms with Crippen LogP contribution < -0.4 is 5.32 Å². The van der Waals surface area contributed by atoms with Gasteiger partial charge in [0.1, 0.15) is 6.04 Å². The first-order valence-electron chi connectivity index (χ1n) is 6.65. The molecule has 1 aromatic carbocycles. The van der Waals surface area contributed by atoms with Gasteiger partial charge in [0.25, 0.3) is 0 Å². The summed E-state index contributed by atoms with van der Waals surface area (Å²) in [6.07, 6.45) is 0.769. The fourth-order valence-electron chi connectivity index (χ4n) is 2.44. The number of hydrogen-bond acceptors (Lipinski definition) is 3. The Morgan fingerprint density at radius 2 is 2.11 bits per heavy atom.